The molecule has 0 aliphatic heterocycles. The van der Waals surface area contributed by atoms with Crippen LogP contribution in [0.25, 0.3) is 17.5 Å². The molecule has 1 aromatic carbocycles. The van der Waals surface area contributed by atoms with Crippen LogP contribution >= 0.6 is 11.8 Å². The number of H-pyrrole nitrogens is 1. The number of aromatic nitrogens is 3. The van der Waals surface area contributed by atoms with Gasteiger partial charge in [0.15, 0.2) is 5.82 Å². The van der Waals surface area contributed by atoms with Crippen LogP contribution in [0.3, 0.4) is 0 Å². The van der Waals surface area contributed by atoms with Crippen molar-refractivity contribution in [2.45, 2.75) is 12.1 Å². The molecule has 2 rings (SSSR count). The Morgan fingerprint density at radius 3 is 2.95 bits per heavy atom. The molecule has 0 atom stereocenters. The van der Waals surface area contributed by atoms with Crippen molar-refractivity contribution in [2.75, 3.05) is 5.75 Å². The Balaban J connectivity index is 2.34. The SMILES string of the molecule is C=Cc1cc(C)cc(-c2nc(SCC(=O)O)n[nH]2)c1O. The van der Waals surface area contributed by atoms with Gasteiger partial charge in [0.1, 0.15) is 5.75 Å². The number of nitrogens with zero attached hydrogens (tertiary/aromatic N) is 2. The summed E-state index contributed by atoms with van der Waals surface area (Å²) >= 11 is 1.01. The maximum atomic E-state index is 10.5. The Labute approximate surface area is 119 Å². The highest BCUT2D eigenvalue weighted by molar-refractivity contribution is 7.99. The number of aromatic amines is 1. The molecule has 0 amide bonds. The van der Waals surface area contributed by atoms with E-state index in [9.17, 15) is 9.90 Å². The summed E-state index contributed by atoms with van der Waals surface area (Å²) in [5, 5.41) is 25.7. The van der Waals surface area contributed by atoms with Gasteiger partial charge in [-0.05, 0) is 24.6 Å². The lowest BCUT2D eigenvalue weighted by Gasteiger charge is -2.06. The molecule has 3 N–H and O–H groups in total. The summed E-state index contributed by atoms with van der Waals surface area (Å²) in [7, 11) is 0. The lowest BCUT2D eigenvalue weighted by Crippen LogP contribution is -1.97. The molecule has 20 heavy (non-hydrogen) atoms. The summed E-state index contributed by atoms with van der Waals surface area (Å²) < 4.78 is 0. The average molecular weight is 291 g/mol. The fraction of sp³-hybridized carbons (Fsp3) is 0.154. The van der Waals surface area contributed by atoms with E-state index in [0.717, 1.165) is 17.3 Å². The second-order valence-corrected chi connectivity index (χ2v) is 5.05. The second kappa shape index (κ2) is 5.79. The van der Waals surface area contributed by atoms with Crippen molar-refractivity contribution in [1.82, 2.24) is 15.2 Å². The number of rotatable bonds is 5. The quantitative estimate of drug-likeness (QED) is 0.731. The van der Waals surface area contributed by atoms with Crippen molar-refractivity contribution >= 4 is 23.8 Å². The number of aliphatic carboxylic acids is 1. The lowest BCUT2D eigenvalue weighted by atomic mass is 10.0. The third-order valence-corrected chi connectivity index (χ3v) is 3.38. The molecule has 104 valence electrons. The van der Waals surface area contributed by atoms with Crippen molar-refractivity contribution in [2.24, 2.45) is 0 Å². The van der Waals surface area contributed by atoms with Crippen LogP contribution in [-0.2, 0) is 4.79 Å². The molecular weight excluding hydrogens is 278 g/mol. The van der Waals surface area contributed by atoms with Crippen molar-refractivity contribution in [3.63, 3.8) is 0 Å². The maximum absolute atomic E-state index is 10.5. The number of hydrogen-bond acceptors (Lipinski definition) is 5. The van der Waals surface area contributed by atoms with Crippen molar-refractivity contribution in [3.8, 4) is 17.1 Å². The van der Waals surface area contributed by atoms with Gasteiger partial charge in [-0.3, -0.25) is 9.89 Å². The van der Waals surface area contributed by atoms with Crippen molar-refractivity contribution in [3.05, 3.63) is 29.8 Å². The van der Waals surface area contributed by atoms with Crippen LogP contribution in [0.5, 0.6) is 5.75 Å². The van der Waals surface area contributed by atoms with Gasteiger partial charge in [-0.15, -0.1) is 5.10 Å². The number of phenols is 1. The van der Waals surface area contributed by atoms with E-state index in [-0.39, 0.29) is 11.5 Å². The summed E-state index contributed by atoms with van der Waals surface area (Å²) in [6.45, 7) is 5.54. The Hall–Kier alpha value is -2.28. The summed E-state index contributed by atoms with van der Waals surface area (Å²) in [5.74, 6) is -0.595. The van der Waals surface area contributed by atoms with Gasteiger partial charge >= 0.3 is 5.97 Å². The molecule has 2 aromatic rings. The smallest absolute Gasteiger partial charge is 0.313 e. The van der Waals surface area contributed by atoms with Crippen molar-refractivity contribution < 1.29 is 15.0 Å². The summed E-state index contributed by atoms with van der Waals surface area (Å²) in [6.07, 6.45) is 1.56. The number of carbonyl (C=O) groups is 1. The number of nitrogens with one attached hydrogen (secondary N) is 1. The largest absolute Gasteiger partial charge is 0.507 e. The standard InChI is InChI=1S/C13H13N3O3S/c1-3-8-4-7(2)5-9(11(8)19)12-14-13(16-15-12)20-6-10(17)18/h3-5,19H,1,6H2,2H3,(H,17,18)(H,14,15,16). The first kappa shape index (κ1) is 14.1. The third-order valence-electron chi connectivity index (χ3n) is 2.55. The third kappa shape index (κ3) is 3.00. The van der Waals surface area contributed by atoms with Crippen LogP contribution in [0.4, 0.5) is 0 Å². The molecule has 0 unspecified atom stereocenters. The zero-order valence-electron chi connectivity index (χ0n) is 10.8. The molecule has 7 heteroatoms. The van der Waals surface area contributed by atoms with Gasteiger partial charge in [-0.25, -0.2) is 4.98 Å². The number of aromatic hydroxyl groups is 1. The van der Waals surface area contributed by atoms with E-state index in [4.69, 9.17) is 5.11 Å². The van der Waals surface area contributed by atoms with E-state index in [1.807, 2.05) is 13.0 Å². The number of aryl methyl sites for hydroxylation is 1. The number of carboxylic acid groups (broad SMARTS) is 1. The zero-order valence-corrected chi connectivity index (χ0v) is 11.6. The van der Waals surface area contributed by atoms with E-state index >= 15 is 0 Å². The number of benzene rings is 1. The minimum atomic E-state index is -0.936. The average Bonchev–Trinajstić information content (AvgIpc) is 2.87. The first-order valence-corrected chi connectivity index (χ1v) is 6.73. The van der Waals surface area contributed by atoms with Gasteiger partial charge in [0, 0.05) is 5.56 Å². The molecule has 0 radical (unpaired) electrons. The minimum absolute atomic E-state index is 0.0662. The van der Waals surface area contributed by atoms with Gasteiger partial charge in [-0.1, -0.05) is 24.4 Å². The molecule has 1 heterocycles. The van der Waals surface area contributed by atoms with Crippen molar-refractivity contribution in [1.29, 1.82) is 0 Å². The Kier molecular flexibility index (Phi) is 4.09. The van der Waals surface area contributed by atoms with E-state index in [0.29, 0.717) is 22.1 Å². The topological polar surface area (TPSA) is 99.1 Å². The highest BCUT2D eigenvalue weighted by atomic mass is 32.2. The highest BCUT2D eigenvalue weighted by Gasteiger charge is 2.14. The molecule has 0 saturated carbocycles. The molecular formula is C13H13N3O3S. The van der Waals surface area contributed by atoms with Crippen LogP contribution in [0.2, 0.25) is 0 Å². The van der Waals surface area contributed by atoms with Crippen LogP contribution in [-0.4, -0.2) is 37.1 Å². The minimum Gasteiger partial charge on any atom is -0.507 e. The molecule has 1 aromatic heterocycles. The van der Waals surface area contributed by atoms with E-state index < -0.39 is 5.97 Å². The maximum Gasteiger partial charge on any atom is 0.313 e. The predicted molar refractivity (Wildman–Crippen MR) is 76.7 cm³/mol. The molecule has 0 aliphatic rings. The fourth-order valence-electron chi connectivity index (χ4n) is 1.70. The highest BCUT2D eigenvalue weighted by Crippen LogP contribution is 2.32. The van der Waals surface area contributed by atoms with Crippen LogP contribution in [0.1, 0.15) is 11.1 Å². The molecule has 6 nitrogen and oxygen atoms in total. The van der Waals surface area contributed by atoms with Gasteiger partial charge in [0.05, 0.1) is 11.3 Å². The van der Waals surface area contributed by atoms with E-state index in [2.05, 4.69) is 21.8 Å². The summed E-state index contributed by atoms with van der Waals surface area (Å²) in [5.41, 5.74) is 2.06. The van der Waals surface area contributed by atoms with Gasteiger partial charge < -0.3 is 10.2 Å². The van der Waals surface area contributed by atoms with E-state index in [1.165, 1.54) is 0 Å². The number of hydrogen-bond donors (Lipinski definition) is 3. The monoisotopic (exact) mass is 291 g/mol. The van der Waals surface area contributed by atoms with Crippen LogP contribution < -0.4 is 0 Å². The first-order valence-electron chi connectivity index (χ1n) is 5.74. The summed E-state index contributed by atoms with van der Waals surface area (Å²) in [6, 6.07) is 3.58. The molecule has 0 aliphatic carbocycles. The van der Waals surface area contributed by atoms with Crippen LogP contribution in [0, 0.1) is 6.92 Å². The number of carboxylic acids is 1. The summed E-state index contributed by atoms with van der Waals surface area (Å²) in [4.78, 5) is 14.7. The Morgan fingerprint density at radius 1 is 1.55 bits per heavy atom. The normalized spacial score (nSPS) is 10.4. The fourth-order valence-corrected chi connectivity index (χ4v) is 2.22. The van der Waals surface area contributed by atoms with E-state index in [1.54, 1.807) is 12.1 Å². The first-order chi connectivity index (χ1) is 9.51. The second-order valence-electron chi connectivity index (χ2n) is 4.10. The number of thioether (sulfide) groups is 1. The molecule has 0 spiro atoms. The zero-order chi connectivity index (χ0) is 14.7. The molecule has 0 fully saturated rings. The molecule has 0 bridgehead atoms. The lowest BCUT2D eigenvalue weighted by molar-refractivity contribution is -0.133. The Morgan fingerprint density at radius 2 is 2.30 bits per heavy atom. The van der Waals surface area contributed by atoms with Gasteiger partial charge in [0.25, 0.3) is 0 Å². The Bertz CT molecular complexity index is 667. The molecule has 0 saturated heterocycles. The van der Waals surface area contributed by atoms with Crippen LogP contribution in [0.15, 0.2) is 23.9 Å². The number of phenolic OH excluding ortho intramolecular Hbond substituents is 1. The predicted octanol–water partition coefficient (Wildman–Crippen LogP) is 2.31. The van der Waals surface area contributed by atoms with Gasteiger partial charge in [0.2, 0.25) is 5.16 Å². The van der Waals surface area contributed by atoms with Gasteiger partial charge in [-0.2, -0.15) is 0 Å².